The Labute approximate surface area is 134 Å². The van der Waals surface area contributed by atoms with E-state index in [0.29, 0.717) is 18.7 Å². The number of carbonyl (C=O) groups excluding carboxylic acids is 2. The monoisotopic (exact) mass is 322 g/mol. The second kappa shape index (κ2) is 7.94. The predicted molar refractivity (Wildman–Crippen MR) is 81.7 cm³/mol. The summed E-state index contributed by atoms with van der Waals surface area (Å²) in [5, 5.41) is 28.2. The van der Waals surface area contributed by atoms with Crippen LogP contribution in [0.2, 0.25) is 0 Å². The number of piperidine rings is 1. The van der Waals surface area contributed by atoms with Crippen LogP contribution in [0.15, 0.2) is 24.3 Å². The molecule has 0 saturated carbocycles. The van der Waals surface area contributed by atoms with Gasteiger partial charge in [0.25, 0.3) is 5.91 Å². The van der Waals surface area contributed by atoms with Crippen molar-refractivity contribution in [1.29, 1.82) is 0 Å². The summed E-state index contributed by atoms with van der Waals surface area (Å²) in [6, 6.07) is 6.23. The van der Waals surface area contributed by atoms with Crippen LogP contribution in [0, 0.1) is 5.92 Å². The van der Waals surface area contributed by atoms with Crippen molar-refractivity contribution in [3.8, 4) is 5.75 Å². The van der Waals surface area contributed by atoms with Gasteiger partial charge in [0.15, 0.2) is 0 Å². The lowest BCUT2D eigenvalue weighted by Crippen LogP contribution is -2.48. The fourth-order valence-electron chi connectivity index (χ4n) is 2.82. The fourth-order valence-corrected chi connectivity index (χ4v) is 2.82. The molecule has 0 radical (unpaired) electrons. The molecular formula is C16H22N2O5. The molecule has 0 aromatic heterocycles. The van der Waals surface area contributed by atoms with Crippen LogP contribution >= 0.6 is 0 Å². The third-order valence-electron chi connectivity index (χ3n) is 4.14. The van der Waals surface area contributed by atoms with E-state index in [-0.39, 0.29) is 18.1 Å². The van der Waals surface area contributed by atoms with Crippen molar-refractivity contribution in [2.75, 3.05) is 13.1 Å². The number of phenols is 1. The molecule has 1 unspecified atom stereocenters. The van der Waals surface area contributed by atoms with E-state index in [1.165, 1.54) is 17.6 Å². The van der Waals surface area contributed by atoms with Gasteiger partial charge >= 0.3 is 0 Å². The molecule has 1 saturated heterocycles. The number of nitrogens with zero attached hydrogens (tertiary/aromatic N) is 1. The van der Waals surface area contributed by atoms with Gasteiger partial charge in [-0.15, -0.1) is 0 Å². The average Bonchev–Trinajstić information content (AvgIpc) is 2.60. The second-order valence-electron chi connectivity index (χ2n) is 5.78. The molecule has 1 aliphatic heterocycles. The minimum atomic E-state index is -1.64. The maximum Gasteiger partial charge on any atom is 0.272 e. The minimum Gasteiger partial charge on any atom is -0.508 e. The van der Waals surface area contributed by atoms with Crippen LogP contribution in [0.25, 0.3) is 0 Å². The summed E-state index contributed by atoms with van der Waals surface area (Å²) in [6.45, 7) is 1.22. The highest BCUT2D eigenvalue weighted by Gasteiger charge is 2.35. The third-order valence-corrected chi connectivity index (χ3v) is 4.14. The van der Waals surface area contributed by atoms with Gasteiger partial charge in [-0.2, -0.15) is 0 Å². The molecule has 23 heavy (non-hydrogen) atoms. The number of phenolic OH excluding ortho intramolecular Hbond substituents is 1. The third kappa shape index (κ3) is 4.43. The van der Waals surface area contributed by atoms with Crippen molar-refractivity contribution in [2.45, 2.75) is 31.8 Å². The molecule has 0 bridgehead atoms. The predicted octanol–water partition coefficient (Wildman–Crippen LogP) is 0.430. The normalized spacial score (nSPS) is 17.4. The van der Waals surface area contributed by atoms with Gasteiger partial charge in [0.05, 0.1) is 5.92 Å². The van der Waals surface area contributed by atoms with Crippen molar-refractivity contribution >= 4 is 11.8 Å². The van der Waals surface area contributed by atoms with Gasteiger partial charge in [-0.3, -0.25) is 14.8 Å². The lowest BCUT2D eigenvalue weighted by Gasteiger charge is -2.31. The molecule has 1 heterocycles. The first kappa shape index (κ1) is 17.2. The van der Waals surface area contributed by atoms with E-state index in [9.17, 15) is 19.8 Å². The van der Waals surface area contributed by atoms with Crippen LogP contribution in [0.3, 0.4) is 0 Å². The standard InChI is InChI=1S/C16H22N2O5/c19-12-6-4-11(5-7-12)10-13(14(20)15(21)17-23)16(22)18-8-2-1-3-9-18/h4-7,13-14,19-20,23H,1-3,8-10H2,(H,17,21)/t13-,14?/m1/s1. The van der Waals surface area contributed by atoms with Gasteiger partial charge < -0.3 is 15.1 Å². The van der Waals surface area contributed by atoms with Gasteiger partial charge in [-0.25, -0.2) is 5.48 Å². The van der Waals surface area contributed by atoms with Gasteiger partial charge in [0.1, 0.15) is 11.9 Å². The van der Waals surface area contributed by atoms with E-state index < -0.39 is 17.9 Å². The summed E-state index contributed by atoms with van der Waals surface area (Å²) in [4.78, 5) is 25.9. The SMILES string of the molecule is O=C(NO)C(O)[C@@H](Cc1ccc(O)cc1)C(=O)N1CCCCC1. The maximum atomic E-state index is 12.7. The molecule has 7 heteroatoms. The highest BCUT2D eigenvalue weighted by molar-refractivity contribution is 5.89. The number of rotatable bonds is 5. The minimum absolute atomic E-state index is 0.0984. The van der Waals surface area contributed by atoms with Gasteiger partial charge in [-0.1, -0.05) is 12.1 Å². The maximum absolute atomic E-state index is 12.7. The number of nitrogens with one attached hydrogen (secondary N) is 1. The smallest absolute Gasteiger partial charge is 0.272 e. The van der Waals surface area contributed by atoms with Crippen LogP contribution in [-0.4, -0.2) is 51.3 Å². The molecule has 2 amide bonds. The second-order valence-corrected chi connectivity index (χ2v) is 5.78. The Kier molecular flexibility index (Phi) is 5.95. The summed E-state index contributed by atoms with van der Waals surface area (Å²) in [7, 11) is 0. The van der Waals surface area contributed by atoms with Crippen molar-refractivity contribution in [1.82, 2.24) is 10.4 Å². The number of hydroxylamine groups is 1. The van der Waals surface area contributed by atoms with Crippen LogP contribution < -0.4 is 5.48 Å². The molecule has 0 spiro atoms. The summed E-state index contributed by atoms with van der Waals surface area (Å²) in [6.07, 6.45) is 1.37. The number of aliphatic hydroxyl groups is 1. The molecule has 126 valence electrons. The van der Waals surface area contributed by atoms with E-state index in [4.69, 9.17) is 5.21 Å². The van der Waals surface area contributed by atoms with Crippen LogP contribution in [0.4, 0.5) is 0 Å². The Balaban J connectivity index is 2.17. The molecule has 1 aromatic carbocycles. The van der Waals surface area contributed by atoms with Crippen molar-refractivity contribution in [2.24, 2.45) is 5.92 Å². The number of aliphatic hydroxyl groups excluding tert-OH is 1. The molecule has 2 atom stereocenters. The Morgan fingerprint density at radius 1 is 1.13 bits per heavy atom. The van der Waals surface area contributed by atoms with Crippen LogP contribution in [-0.2, 0) is 16.0 Å². The highest BCUT2D eigenvalue weighted by atomic mass is 16.5. The molecular weight excluding hydrogens is 300 g/mol. The number of benzene rings is 1. The largest absolute Gasteiger partial charge is 0.508 e. The van der Waals surface area contributed by atoms with Crippen molar-refractivity contribution < 1.29 is 25.0 Å². The van der Waals surface area contributed by atoms with Crippen LogP contribution in [0.5, 0.6) is 5.75 Å². The van der Waals surface area contributed by atoms with Gasteiger partial charge in [-0.05, 0) is 43.4 Å². The summed E-state index contributed by atoms with van der Waals surface area (Å²) >= 11 is 0. The average molecular weight is 322 g/mol. The number of amides is 2. The molecule has 2 rings (SSSR count). The Morgan fingerprint density at radius 2 is 1.74 bits per heavy atom. The number of likely N-dealkylation sites (tertiary alicyclic amines) is 1. The summed E-state index contributed by atoms with van der Waals surface area (Å²) < 4.78 is 0. The fraction of sp³-hybridized carbons (Fsp3) is 0.500. The Hall–Kier alpha value is -2.12. The van der Waals surface area contributed by atoms with E-state index in [1.807, 2.05) is 0 Å². The molecule has 1 fully saturated rings. The lowest BCUT2D eigenvalue weighted by molar-refractivity contribution is -0.150. The van der Waals surface area contributed by atoms with E-state index in [1.54, 1.807) is 17.0 Å². The number of hydrogen-bond donors (Lipinski definition) is 4. The van der Waals surface area contributed by atoms with E-state index in [2.05, 4.69) is 0 Å². The Bertz CT molecular complexity index is 540. The molecule has 7 nitrogen and oxygen atoms in total. The first-order chi connectivity index (χ1) is 11.0. The zero-order chi connectivity index (χ0) is 16.8. The van der Waals surface area contributed by atoms with Crippen molar-refractivity contribution in [3.63, 3.8) is 0 Å². The van der Waals surface area contributed by atoms with Gasteiger partial charge in [0.2, 0.25) is 5.91 Å². The number of hydrogen-bond acceptors (Lipinski definition) is 5. The number of aromatic hydroxyl groups is 1. The quantitative estimate of drug-likeness (QED) is 0.464. The van der Waals surface area contributed by atoms with Crippen molar-refractivity contribution in [3.05, 3.63) is 29.8 Å². The molecule has 0 aliphatic carbocycles. The lowest BCUT2D eigenvalue weighted by atomic mass is 9.91. The summed E-state index contributed by atoms with van der Waals surface area (Å²) in [5.74, 6) is -2.18. The van der Waals surface area contributed by atoms with Gasteiger partial charge in [0, 0.05) is 13.1 Å². The van der Waals surface area contributed by atoms with E-state index >= 15 is 0 Å². The first-order valence-corrected chi connectivity index (χ1v) is 7.71. The zero-order valence-corrected chi connectivity index (χ0v) is 12.8. The zero-order valence-electron chi connectivity index (χ0n) is 12.8. The molecule has 4 N–H and O–H groups in total. The van der Waals surface area contributed by atoms with Crippen LogP contribution in [0.1, 0.15) is 24.8 Å². The topological polar surface area (TPSA) is 110 Å². The Morgan fingerprint density at radius 3 is 2.30 bits per heavy atom. The molecule has 1 aromatic rings. The molecule has 1 aliphatic rings. The van der Waals surface area contributed by atoms with E-state index in [0.717, 1.165) is 19.3 Å². The first-order valence-electron chi connectivity index (χ1n) is 7.71. The number of carbonyl (C=O) groups is 2. The summed E-state index contributed by atoms with van der Waals surface area (Å²) in [5.41, 5.74) is 2.11. The highest BCUT2D eigenvalue weighted by Crippen LogP contribution is 2.20.